The highest BCUT2D eigenvalue weighted by Crippen LogP contribution is 2.19. The van der Waals surface area contributed by atoms with Gasteiger partial charge in [0.05, 0.1) is 13.1 Å². The smallest absolute Gasteiger partial charge is 0.242 e. The molecule has 0 saturated heterocycles. The van der Waals surface area contributed by atoms with Crippen molar-refractivity contribution < 1.29 is 14.0 Å². The van der Waals surface area contributed by atoms with E-state index in [0.717, 1.165) is 16.9 Å². The summed E-state index contributed by atoms with van der Waals surface area (Å²) < 4.78 is 13.2. The lowest BCUT2D eigenvalue weighted by Crippen LogP contribution is -2.43. The Balaban J connectivity index is 2.16. The van der Waals surface area contributed by atoms with Gasteiger partial charge in [0, 0.05) is 29.8 Å². The maximum atomic E-state index is 13.2. The lowest BCUT2D eigenvalue weighted by Gasteiger charge is -2.28. The fraction of sp³-hybridized carbons (Fsp3) is 0.455. The average Bonchev–Trinajstić information content (AvgIpc) is 3.06. The lowest BCUT2D eigenvalue weighted by atomic mass is 10.1. The van der Waals surface area contributed by atoms with Crippen LogP contribution in [0.5, 0.6) is 0 Å². The number of carbonyl (C=O) groups excluding carboxylic acids is 2. The zero-order chi connectivity index (χ0) is 20.7. The molecule has 0 aliphatic heterocycles. The topological polar surface area (TPSA) is 40.6 Å². The number of nitrogens with zero attached hydrogens (tertiary/aromatic N) is 2. The molecule has 1 atom stereocenters. The lowest BCUT2D eigenvalue weighted by molar-refractivity contribution is -0.140. The van der Waals surface area contributed by atoms with Gasteiger partial charge in [0.2, 0.25) is 11.8 Å². The van der Waals surface area contributed by atoms with Gasteiger partial charge in [0.15, 0.2) is 0 Å². The first-order chi connectivity index (χ1) is 13.3. The molecule has 0 aliphatic rings. The second kappa shape index (κ2) is 10.4. The summed E-state index contributed by atoms with van der Waals surface area (Å²) >= 11 is 1.65. The summed E-state index contributed by atoms with van der Waals surface area (Å²) in [5.41, 5.74) is 0.860. The Kier molecular flexibility index (Phi) is 8.18. The Hall–Kier alpha value is -2.21. The number of amides is 2. The van der Waals surface area contributed by atoms with E-state index in [0.29, 0.717) is 25.6 Å². The number of aryl methyl sites for hydroxylation is 1. The molecule has 0 aliphatic carbocycles. The molecule has 0 radical (unpaired) electrons. The van der Waals surface area contributed by atoms with E-state index < -0.39 is 0 Å². The second-order valence-corrected chi connectivity index (χ2v) is 8.67. The van der Waals surface area contributed by atoms with E-state index in [2.05, 4.69) is 13.8 Å². The van der Waals surface area contributed by atoms with Crippen LogP contribution in [0.4, 0.5) is 4.39 Å². The quantitative estimate of drug-likeness (QED) is 0.612. The molecular weight excluding hydrogens is 375 g/mol. The fourth-order valence-electron chi connectivity index (χ4n) is 2.87. The highest BCUT2D eigenvalue weighted by atomic mass is 32.1. The summed E-state index contributed by atoms with van der Waals surface area (Å²) in [6, 6.07) is 10.2. The van der Waals surface area contributed by atoms with Gasteiger partial charge in [-0.3, -0.25) is 9.59 Å². The molecule has 1 heterocycles. The van der Waals surface area contributed by atoms with Crippen molar-refractivity contribution in [1.82, 2.24) is 9.80 Å². The van der Waals surface area contributed by atoms with Gasteiger partial charge < -0.3 is 9.80 Å². The van der Waals surface area contributed by atoms with Gasteiger partial charge >= 0.3 is 0 Å². The van der Waals surface area contributed by atoms with Gasteiger partial charge in [-0.25, -0.2) is 4.39 Å². The number of carbonyl (C=O) groups is 2. The van der Waals surface area contributed by atoms with E-state index in [1.807, 2.05) is 19.1 Å². The van der Waals surface area contributed by atoms with Crippen molar-refractivity contribution in [3.63, 3.8) is 0 Å². The van der Waals surface area contributed by atoms with Crippen LogP contribution in [-0.2, 0) is 22.7 Å². The number of hydrogen-bond acceptors (Lipinski definition) is 3. The van der Waals surface area contributed by atoms with Gasteiger partial charge in [-0.1, -0.05) is 32.4 Å². The molecule has 6 heteroatoms. The summed E-state index contributed by atoms with van der Waals surface area (Å²) in [4.78, 5) is 30.7. The van der Waals surface area contributed by atoms with Crippen LogP contribution in [0, 0.1) is 18.7 Å². The van der Waals surface area contributed by atoms with Crippen LogP contribution < -0.4 is 0 Å². The normalized spacial score (nSPS) is 11.9. The van der Waals surface area contributed by atoms with E-state index in [1.165, 1.54) is 23.9 Å². The molecule has 4 nitrogen and oxygen atoms in total. The van der Waals surface area contributed by atoms with Crippen molar-refractivity contribution >= 4 is 23.2 Å². The molecule has 0 fully saturated rings. The van der Waals surface area contributed by atoms with Gasteiger partial charge in [0.1, 0.15) is 5.82 Å². The molecule has 1 aromatic carbocycles. The first kappa shape index (κ1) is 22.1. The summed E-state index contributed by atoms with van der Waals surface area (Å²) in [7, 11) is 0. The van der Waals surface area contributed by atoms with Crippen LogP contribution in [0.1, 0.15) is 42.5 Å². The van der Waals surface area contributed by atoms with Gasteiger partial charge in [-0.05, 0) is 42.7 Å². The molecule has 1 aromatic heterocycles. The molecule has 0 bridgehead atoms. The molecule has 152 valence electrons. The van der Waals surface area contributed by atoms with E-state index in [9.17, 15) is 14.0 Å². The van der Waals surface area contributed by atoms with Gasteiger partial charge in [-0.2, -0.15) is 0 Å². The largest absolute Gasteiger partial charge is 0.333 e. The monoisotopic (exact) mass is 404 g/mol. The molecule has 0 spiro atoms. The van der Waals surface area contributed by atoms with E-state index >= 15 is 0 Å². The van der Waals surface area contributed by atoms with Crippen LogP contribution in [0.2, 0.25) is 0 Å². The summed E-state index contributed by atoms with van der Waals surface area (Å²) in [5, 5.41) is 0. The Morgan fingerprint density at radius 2 is 1.75 bits per heavy atom. The standard InChI is InChI=1S/C22H29FN2O2S/c1-5-16(2)12-24(18(4)26)15-22(27)25(14-21-11-6-17(3)28-21)13-19-7-9-20(23)10-8-19/h6-11,16H,5,12-15H2,1-4H3/t16-/m1/s1. The molecule has 2 amide bonds. The molecule has 2 rings (SSSR count). The molecule has 28 heavy (non-hydrogen) atoms. The third kappa shape index (κ3) is 6.75. The zero-order valence-corrected chi connectivity index (χ0v) is 17.9. The predicted molar refractivity (Wildman–Crippen MR) is 111 cm³/mol. The van der Waals surface area contributed by atoms with Crippen LogP contribution in [0.3, 0.4) is 0 Å². The number of rotatable bonds is 9. The molecule has 0 saturated carbocycles. The minimum absolute atomic E-state index is 0.0607. The summed E-state index contributed by atoms with van der Waals surface area (Å²) in [6.45, 7) is 9.17. The molecule has 0 N–H and O–H groups in total. The van der Waals surface area contributed by atoms with Gasteiger partial charge in [0.25, 0.3) is 0 Å². The van der Waals surface area contributed by atoms with Crippen LogP contribution in [-0.4, -0.2) is 34.7 Å². The SMILES string of the molecule is CC[C@@H](C)CN(CC(=O)N(Cc1ccc(F)cc1)Cc1ccc(C)s1)C(C)=O. The number of thiophene rings is 1. The Labute approximate surface area is 171 Å². The number of hydrogen-bond donors (Lipinski definition) is 0. The molecular formula is C22H29FN2O2S. The summed E-state index contributed by atoms with van der Waals surface area (Å²) in [5.74, 6) is -0.162. The third-order valence-electron chi connectivity index (χ3n) is 4.78. The number of halogens is 1. The third-order valence-corrected chi connectivity index (χ3v) is 5.77. The predicted octanol–water partition coefficient (Wildman–Crippen LogP) is 4.62. The Morgan fingerprint density at radius 3 is 2.29 bits per heavy atom. The zero-order valence-electron chi connectivity index (χ0n) is 17.1. The minimum Gasteiger partial charge on any atom is -0.333 e. The van der Waals surface area contributed by atoms with Crippen molar-refractivity contribution in [3.8, 4) is 0 Å². The Bertz CT molecular complexity index is 788. The summed E-state index contributed by atoms with van der Waals surface area (Å²) in [6.07, 6.45) is 0.950. The minimum atomic E-state index is -0.299. The van der Waals surface area contributed by atoms with Crippen molar-refractivity contribution in [2.45, 2.75) is 47.2 Å². The maximum Gasteiger partial charge on any atom is 0.242 e. The second-order valence-electron chi connectivity index (χ2n) is 7.30. The van der Waals surface area contributed by atoms with E-state index in [1.54, 1.807) is 33.3 Å². The highest BCUT2D eigenvalue weighted by Gasteiger charge is 2.21. The van der Waals surface area contributed by atoms with E-state index in [-0.39, 0.29) is 24.2 Å². The van der Waals surface area contributed by atoms with Gasteiger partial charge in [-0.15, -0.1) is 11.3 Å². The maximum absolute atomic E-state index is 13.2. The van der Waals surface area contributed by atoms with Crippen molar-refractivity contribution in [2.75, 3.05) is 13.1 Å². The van der Waals surface area contributed by atoms with Crippen LogP contribution in [0.15, 0.2) is 36.4 Å². The molecule has 2 aromatic rings. The molecule has 0 unspecified atom stereocenters. The van der Waals surface area contributed by atoms with Crippen LogP contribution >= 0.6 is 11.3 Å². The highest BCUT2D eigenvalue weighted by molar-refractivity contribution is 7.11. The Morgan fingerprint density at radius 1 is 1.07 bits per heavy atom. The van der Waals surface area contributed by atoms with Crippen molar-refractivity contribution in [2.24, 2.45) is 5.92 Å². The van der Waals surface area contributed by atoms with Crippen molar-refractivity contribution in [1.29, 1.82) is 0 Å². The van der Waals surface area contributed by atoms with Crippen LogP contribution in [0.25, 0.3) is 0 Å². The van der Waals surface area contributed by atoms with E-state index in [4.69, 9.17) is 0 Å². The van der Waals surface area contributed by atoms with Crippen molar-refractivity contribution in [3.05, 3.63) is 57.5 Å². The first-order valence-electron chi connectivity index (χ1n) is 9.61. The number of benzene rings is 1. The average molecular weight is 405 g/mol. The first-order valence-corrected chi connectivity index (χ1v) is 10.4. The fourth-order valence-corrected chi connectivity index (χ4v) is 3.78.